The Hall–Kier alpha value is -7.74. The molecule has 0 bridgehead atoms. The molecule has 0 aromatic heterocycles. The van der Waals surface area contributed by atoms with Gasteiger partial charge in [-0.1, -0.05) is 206 Å². The molecule has 11 rings (SSSR count). The first-order valence-electron chi connectivity index (χ1n) is 23.7. The predicted octanol–water partition coefficient (Wildman–Crippen LogP) is 16.4. The van der Waals surface area contributed by atoms with Crippen molar-refractivity contribution in [3.05, 3.63) is 236 Å². The summed E-state index contributed by atoms with van der Waals surface area (Å²) in [5.74, 6) is 0. The molecule has 0 aliphatic rings. The lowest BCUT2D eigenvalue weighted by Crippen LogP contribution is -2.10. The summed E-state index contributed by atoms with van der Waals surface area (Å²) in [4.78, 5) is 1.43. The summed E-state index contributed by atoms with van der Waals surface area (Å²) in [5.41, 5.74) is 4.80. The Bertz CT molecular complexity index is 3720. The summed E-state index contributed by atoms with van der Waals surface area (Å²) in [6, 6.07) is 57.3. The van der Waals surface area contributed by atoms with Crippen molar-refractivity contribution in [1.29, 1.82) is 0 Å². The Morgan fingerprint density at radius 1 is 0.271 bits per heavy atom. The van der Waals surface area contributed by atoms with Gasteiger partial charge in [-0.2, -0.15) is 0 Å². The van der Waals surface area contributed by atoms with Crippen LogP contribution in [0.15, 0.2) is 236 Å². The van der Waals surface area contributed by atoms with Crippen molar-refractivity contribution in [1.82, 2.24) is 0 Å². The molecular weight excluding hydrogens is 711 g/mol. The van der Waals surface area contributed by atoms with E-state index in [1.54, 1.807) is 12.1 Å². The van der Waals surface area contributed by atoms with Crippen LogP contribution >= 0.6 is 0 Å². The minimum atomic E-state index is -0.401. The van der Waals surface area contributed by atoms with E-state index in [0.29, 0.717) is 22.2 Å². The van der Waals surface area contributed by atoms with Crippen molar-refractivity contribution >= 4 is 60.2 Å². The van der Waals surface area contributed by atoms with Crippen LogP contribution in [-0.2, 0) is 0 Å². The fraction of sp³-hybridized carbons (Fsp3) is 0. The Kier molecular flexibility index (Phi) is 6.70. The first kappa shape index (κ1) is 27.0. The van der Waals surface area contributed by atoms with Crippen LogP contribution in [0.1, 0.15) is 11.0 Å². The fourth-order valence-electron chi connectivity index (χ4n) is 8.44. The molecule has 0 saturated heterocycles. The van der Waals surface area contributed by atoms with Gasteiger partial charge in [0, 0.05) is 16.8 Å². The quantitative estimate of drug-likeness (QED) is 0.146. The minimum Gasteiger partial charge on any atom is -0.310 e. The van der Waals surface area contributed by atoms with E-state index >= 15 is 0 Å². The monoisotopic (exact) mass is 757 g/mol. The summed E-state index contributed by atoms with van der Waals surface area (Å²) in [6.45, 7) is 0. The van der Waals surface area contributed by atoms with E-state index < -0.39 is 24.2 Å². The standard InChI is InChI=1S/C58H39N/c1-3-15-40(16-4-1)41-27-29-42(30-28-41)43-31-35-47(36-32-43)59(56-39-46-19-7-8-20-49(46)50-21-9-12-24-53(50)56)48-37-33-45(34-38-48)58-55-26-14-11-23-52(55)51-22-10-13-25-54(51)57(58)44-17-5-2-6-18-44/h1-39H/i31D,32D,33D,34D,35D,36D,37D,38D. The van der Waals surface area contributed by atoms with Crippen LogP contribution < -0.4 is 4.90 Å². The molecule has 276 valence electrons. The van der Waals surface area contributed by atoms with Crippen LogP contribution in [0, 0.1) is 0 Å². The second kappa shape index (κ2) is 14.6. The number of fused-ring (bicyclic) bond motifs is 6. The molecule has 0 heterocycles. The van der Waals surface area contributed by atoms with Gasteiger partial charge in [-0.25, -0.2) is 0 Å². The van der Waals surface area contributed by atoms with E-state index in [1.165, 1.54) is 4.90 Å². The second-order valence-electron chi connectivity index (χ2n) is 14.6. The van der Waals surface area contributed by atoms with Crippen LogP contribution in [0.2, 0.25) is 0 Å². The lowest BCUT2D eigenvalue weighted by Gasteiger charge is -2.28. The molecular formula is C58H39N. The highest BCUT2D eigenvalue weighted by Crippen LogP contribution is 2.47. The largest absolute Gasteiger partial charge is 0.310 e. The maximum Gasteiger partial charge on any atom is 0.0645 e. The number of anilines is 3. The molecule has 0 aliphatic carbocycles. The van der Waals surface area contributed by atoms with Crippen molar-refractivity contribution in [2.24, 2.45) is 0 Å². The van der Waals surface area contributed by atoms with Crippen molar-refractivity contribution in [2.45, 2.75) is 0 Å². The van der Waals surface area contributed by atoms with Gasteiger partial charge in [0.15, 0.2) is 0 Å². The van der Waals surface area contributed by atoms with E-state index in [9.17, 15) is 11.0 Å². The van der Waals surface area contributed by atoms with Gasteiger partial charge in [0.25, 0.3) is 0 Å². The molecule has 1 nitrogen and oxygen atoms in total. The van der Waals surface area contributed by atoms with Gasteiger partial charge >= 0.3 is 0 Å². The van der Waals surface area contributed by atoms with Gasteiger partial charge in [0.1, 0.15) is 0 Å². The molecule has 1 heteroatoms. The third kappa shape index (κ3) is 6.12. The van der Waals surface area contributed by atoms with E-state index in [1.807, 2.05) is 170 Å². The third-order valence-corrected chi connectivity index (χ3v) is 11.2. The Labute approximate surface area is 356 Å². The van der Waals surface area contributed by atoms with Gasteiger partial charge in [-0.3, -0.25) is 0 Å². The zero-order valence-corrected chi connectivity index (χ0v) is 31.8. The first-order valence-corrected chi connectivity index (χ1v) is 19.7. The normalized spacial score (nSPS) is 13.3. The Morgan fingerprint density at radius 3 is 1.20 bits per heavy atom. The average molecular weight is 758 g/mol. The van der Waals surface area contributed by atoms with Crippen LogP contribution in [0.4, 0.5) is 17.1 Å². The van der Waals surface area contributed by atoms with Crippen molar-refractivity contribution in [3.63, 3.8) is 0 Å². The molecule has 0 unspecified atom stereocenters. The molecule has 59 heavy (non-hydrogen) atoms. The van der Waals surface area contributed by atoms with Gasteiger partial charge in [0.05, 0.1) is 16.7 Å². The Balaban J connectivity index is 1.22. The number of hydrogen-bond acceptors (Lipinski definition) is 1. The SMILES string of the molecule is [2H]c1c([2H])c(N(c2c([2H])c([2H])c(-c3c(-c4ccccc4)c4ccccc4c4ccccc34)c([2H])c2[2H])c2cc3ccccc3c3ccccc23)c([2H])c([2H])c1-c1ccc(-c2ccccc2)cc1. The summed E-state index contributed by atoms with van der Waals surface area (Å²) in [6.07, 6.45) is 0. The van der Waals surface area contributed by atoms with Crippen LogP contribution in [-0.4, -0.2) is 0 Å². The lowest BCUT2D eigenvalue weighted by molar-refractivity contribution is 1.30. The second-order valence-corrected chi connectivity index (χ2v) is 14.6. The van der Waals surface area contributed by atoms with E-state index in [2.05, 4.69) is 6.07 Å². The predicted molar refractivity (Wildman–Crippen MR) is 253 cm³/mol. The third-order valence-electron chi connectivity index (χ3n) is 11.2. The number of benzene rings is 11. The van der Waals surface area contributed by atoms with Crippen molar-refractivity contribution in [2.75, 3.05) is 4.90 Å². The maximum atomic E-state index is 10.0. The summed E-state index contributed by atoms with van der Waals surface area (Å²) < 4.78 is 78.7. The van der Waals surface area contributed by atoms with E-state index in [4.69, 9.17) is 0 Å². The summed E-state index contributed by atoms with van der Waals surface area (Å²) in [5, 5.41) is 6.76. The topological polar surface area (TPSA) is 3.24 Å². The number of nitrogens with zero attached hydrogens (tertiary/aromatic N) is 1. The van der Waals surface area contributed by atoms with Gasteiger partial charge in [0.2, 0.25) is 0 Å². The molecule has 0 atom stereocenters. The minimum absolute atomic E-state index is 0.105. The van der Waals surface area contributed by atoms with Crippen LogP contribution in [0.3, 0.4) is 0 Å². The highest BCUT2D eigenvalue weighted by molar-refractivity contribution is 6.21. The molecule has 0 saturated carbocycles. The molecule has 0 N–H and O–H groups in total. The molecule has 11 aromatic rings. The first-order chi connectivity index (χ1) is 32.6. The molecule has 0 radical (unpaired) electrons. The highest BCUT2D eigenvalue weighted by Gasteiger charge is 2.20. The summed E-state index contributed by atoms with van der Waals surface area (Å²) >= 11 is 0. The smallest absolute Gasteiger partial charge is 0.0645 e. The fourth-order valence-corrected chi connectivity index (χ4v) is 8.44. The zero-order chi connectivity index (χ0) is 46.1. The molecule has 0 amide bonds. The van der Waals surface area contributed by atoms with Crippen molar-refractivity contribution < 1.29 is 11.0 Å². The molecule has 0 spiro atoms. The van der Waals surface area contributed by atoms with Crippen LogP contribution in [0.5, 0.6) is 0 Å². The number of rotatable bonds is 7. The Morgan fingerprint density at radius 2 is 0.644 bits per heavy atom. The van der Waals surface area contributed by atoms with Gasteiger partial charge in [-0.05, 0) is 112 Å². The lowest BCUT2D eigenvalue weighted by atomic mass is 9.85. The zero-order valence-electron chi connectivity index (χ0n) is 39.8. The number of hydrogen-bond donors (Lipinski definition) is 0. The average Bonchev–Trinajstić information content (AvgIpc) is 3.37. The highest BCUT2D eigenvalue weighted by atomic mass is 15.1. The molecule has 11 aromatic carbocycles. The van der Waals surface area contributed by atoms with Crippen molar-refractivity contribution in [3.8, 4) is 44.5 Å². The molecule has 0 fully saturated rings. The van der Waals surface area contributed by atoms with Gasteiger partial charge < -0.3 is 4.90 Å². The van der Waals surface area contributed by atoms with Crippen LogP contribution in [0.25, 0.3) is 87.6 Å². The van der Waals surface area contributed by atoms with Gasteiger partial charge in [-0.15, -0.1) is 0 Å². The molecule has 0 aliphatic heterocycles. The summed E-state index contributed by atoms with van der Waals surface area (Å²) in [7, 11) is 0. The van der Waals surface area contributed by atoms with E-state index in [-0.39, 0.29) is 46.7 Å². The maximum absolute atomic E-state index is 10.0. The van der Waals surface area contributed by atoms with E-state index in [0.717, 1.165) is 60.0 Å².